The minimum absolute atomic E-state index is 0.259. The third-order valence-corrected chi connectivity index (χ3v) is 3.20. The second-order valence-electron chi connectivity index (χ2n) is 4.63. The molecule has 1 amide bonds. The molecule has 2 aromatic carbocycles. The van der Waals surface area contributed by atoms with Crippen LogP contribution in [0, 0.1) is 5.82 Å². The molecule has 0 aliphatic carbocycles. The highest BCUT2D eigenvalue weighted by molar-refractivity contribution is 5.96. The summed E-state index contributed by atoms with van der Waals surface area (Å²) in [5.74, 6) is 0.150. The number of hydrogen-bond acceptors (Lipinski definition) is 5. The highest BCUT2D eigenvalue weighted by atomic mass is 19.1. The van der Waals surface area contributed by atoms with E-state index >= 15 is 0 Å². The Morgan fingerprint density at radius 2 is 1.71 bits per heavy atom. The molecule has 0 heterocycles. The zero-order valence-electron chi connectivity index (χ0n) is 13.5. The molecule has 0 aliphatic heterocycles. The molecule has 0 saturated carbocycles. The van der Waals surface area contributed by atoms with Crippen LogP contribution in [0.2, 0.25) is 0 Å². The molecule has 126 valence electrons. The highest BCUT2D eigenvalue weighted by Crippen LogP contribution is 2.38. The predicted octanol–water partition coefficient (Wildman–Crippen LogP) is 2.62. The van der Waals surface area contributed by atoms with Gasteiger partial charge in [0.15, 0.2) is 11.5 Å². The van der Waals surface area contributed by atoms with Gasteiger partial charge in [-0.05, 0) is 18.2 Å². The van der Waals surface area contributed by atoms with E-state index in [1.807, 2.05) is 0 Å². The fraction of sp³-hybridized carbons (Fsp3) is 0.176. The van der Waals surface area contributed by atoms with Gasteiger partial charge in [-0.25, -0.2) is 9.82 Å². The lowest BCUT2D eigenvalue weighted by Crippen LogP contribution is -2.18. The average Bonchev–Trinajstić information content (AvgIpc) is 2.61. The number of amides is 1. The average molecular weight is 332 g/mol. The summed E-state index contributed by atoms with van der Waals surface area (Å²) in [7, 11) is 4.38. The van der Waals surface area contributed by atoms with Crippen LogP contribution in [0.1, 0.15) is 15.9 Å². The SMILES string of the molecule is COc1cc(C(=O)N/N=C/c2ccccc2F)cc(OC)c1OC. The summed E-state index contributed by atoms with van der Waals surface area (Å²) in [4.78, 5) is 12.2. The number of rotatable bonds is 6. The smallest absolute Gasteiger partial charge is 0.271 e. The molecule has 1 N–H and O–H groups in total. The summed E-state index contributed by atoms with van der Waals surface area (Å²) in [6.07, 6.45) is 1.23. The lowest BCUT2D eigenvalue weighted by atomic mass is 10.1. The standard InChI is InChI=1S/C17H17FN2O4/c1-22-14-8-12(9-15(23-2)16(14)24-3)17(21)20-19-10-11-6-4-5-7-13(11)18/h4-10H,1-3H3,(H,20,21)/b19-10+. The molecule has 2 rings (SSSR count). The van der Waals surface area contributed by atoms with E-state index in [1.54, 1.807) is 18.2 Å². The van der Waals surface area contributed by atoms with Gasteiger partial charge in [-0.15, -0.1) is 0 Å². The third-order valence-electron chi connectivity index (χ3n) is 3.20. The fourth-order valence-electron chi connectivity index (χ4n) is 2.02. The van der Waals surface area contributed by atoms with E-state index in [1.165, 1.54) is 45.7 Å². The van der Waals surface area contributed by atoms with Crippen LogP contribution in [-0.2, 0) is 0 Å². The lowest BCUT2D eigenvalue weighted by molar-refractivity contribution is 0.0954. The summed E-state index contributed by atoms with van der Waals surface area (Å²) >= 11 is 0. The van der Waals surface area contributed by atoms with Gasteiger partial charge in [-0.1, -0.05) is 18.2 Å². The van der Waals surface area contributed by atoms with Crippen LogP contribution >= 0.6 is 0 Å². The van der Waals surface area contributed by atoms with Gasteiger partial charge in [0.1, 0.15) is 5.82 Å². The van der Waals surface area contributed by atoms with Crippen LogP contribution in [-0.4, -0.2) is 33.5 Å². The monoisotopic (exact) mass is 332 g/mol. The van der Waals surface area contributed by atoms with E-state index < -0.39 is 11.7 Å². The summed E-state index contributed by atoms with van der Waals surface area (Å²) in [5, 5.41) is 3.75. The van der Waals surface area contributed by atoms with Crippen molar-refractivity contribution in [3.63, 3.8) is 0 Å². The maximum Gasteiger partial charge on any atom is 0.271 e. The fourth-order valence-corrected chi connectivity index (χ4v) is 2.02. The van der Waals surface area contributed by atoms with E-state index in [9.17, 15) is 9.18 Å². The number of benzene rings is 2. The molecule has 6 nitrogen and oxygen atoms in total. The minimum atomic E-state index is -0.498. The van der Waals surface area contributed by atoms with E-state index in [0.29, 0.717) is 17.2 Å². The molecule has 0 aliphatic rings. The maximum absolute atomic E-state index is 13.5. The molecule has 0 bridgehead atoms. The zero-order chi connectivity index (χ0) is 17.5. The van der Waals surface area contributed by atoms with Crippen LogP contribution in [0.4, 0.5) is 4.39 Å². The summed E-state index contributed by atoms with van der Waals surface area (Å²) in [6, 6.07) is 9.09. The molecule has 0 aromatic heterocycles. The largest absolute Gasteiger partial charge is 0.493 e. The number of ether oxygens (including phenoxy) is 3. The van der Waals surface area contributed by atoms with Crippen LogP contribution in [0.15, 0.2) is 41.5 Å². The molecule has 0 unspecified atom stereocenters. The molecular formula is C17H17FN2O4. The van der Waals surface area contributed by atoms with Gasteiger partial charge >= 0.3 is 0 Å². The molecule has 0 fully saturated rings. The van der Waals surface area contributed by atoms with Crippen LogP contribution in [0.5, 0.6) is 17.2 Å². The van der Waals surface area contributed by atoms with Crippen molar-refractivity contribution in [3.05, 3.63) is 53.3 Å². The summed E-state index contributed by atoms with van der Waals surface area (Å²) in [6.45, 7) is 0. The molecule has 0 saturated heterocycles. The Morgan fingerprint density at radius 3 is 2.25 bits per heavy atom. The Balaban J connectivity index is 2.19. The lowest BCUT2D eigenvalue weighted by Gasteiger charge is -2.13. The molecule has 24 heavy (non-hydrogen) atoms. The zero-order valence-corrected chi connectivity index (χ0v) is 13.5. The van der Waals surface area contributed by atoms with Gasteiger partial charge in [0.05, 0.1) is 27.5 Å². The van der Waals surface area contributed by atoms with Crippen molar-refractivity contribution in [1.29, 1.82) is 0 Å². The van der Waals surface area contributed by atoms with Crippen molar-refractivity contribution < 1.29 is 23.4 Å². The normalized spacial score (nSPS) is 10.5. The molecule has 0 radical (unpaired) electrons. The Kier molecular flexibility index (Phi) is 5.73. The van der Waals surface area contributed by atoms with Gasteiger partial charge in [0.2, 0.25) is 5.75 Å². The highest BCUT2D eigenvalue weighted by Gasteiger charge is 2.16. The van der Waals surface area contributed by atoms with Gasteiger partial charge in [-0.2, -0.15) is 5.10 Å². The molecule has 7 heteroatoms. The van der Waals surface area contributed by atoms with E-state index in [0.717, 1.165) is 0 Å². The molecule has 2 aromatic rings. The van der Waals surface area contributed by atoms with Crippen molar-refractivity contribution in [3.8, 4) is 17.2 Å². The predicted molar refractivity (Wildman–Crippen MR) is 87.6 cm³/mol. The van der Waals surface area contributed by atoms with E-state index in [-0.39, 0.29) is 11.1 Å². The first-order valence-electron chi connectivity index (χ1n) is 6.98. The van der Waals surface area contributed by atoms with Gasteiger partial charge in [0, 0.05) is 11.1 Å². The quantitative estimate of drug-likeness (QED) is 0.652. The van der Waals surface area contributed by atoms with Crippen LogP contribution in [0.25, 0.3) is 0 Å². The number of nitrogens with one attached hydrogen (secondary N) is 1. The number of methoxy groups -OCH3 is 3. The van der Waals surface area contributed by atoms with Crippen molar-refractivity contribution >= 4 is 12.1 Å². The van der Waals surface area contributed by atoms with Gasteiger partial charge in [-0.3, -0.25) is 4.79 Å². The number of hydrazone groups is 1. The third kappa shape index (κ3) is 3.81. The Morgan fingerprint density at radius 1 is 1.08 bits per heavy atom. The van der Waals surface area contributed by atoms with Crippen molar-refractivity contribution in [2.45, 2.75) is 0 Å². The van der Waals surface area contributed by atoms with Crippen molar-refractivity contribution in [1.82, 2.24) is 5.43 Å². The first-order chi connectivity index (χ1) is 11.6. The number of hydrogen-bond donors (Lipinski definition) is 1. The Labute approximate surface area is 138 Å². The van der Waals surface area contributed by atoms with Crippen molar-refractivity contribution in [2.75, 3.05) is 21.3 Å². The minimum Gasteiger partial charge on any atom is -0.493 e. The summed E-state index contributed by atoms with van der Waals surface area (Å²) < 4.78 is 29.0. The van der Waals surface area contributed by atoms with E-state index in [2.05, 4.69) is 10.5 Å². The number of nitrogens with zero attached hydrogens (tertiary/aromatic N) is 1. The van der Waals surface area contributed by atoms with Crippen LogP contribution in [0.3, 0.4) is 0 Å². The number of carbonyl (C=O) groups is 1. The second kappa shape index (κ2) is 7.96. The molecule has 0 spiro atoms. The van der Waals surface area contributed by atoms with Gasteiger partial charge < -0.3 is 14.2 Å². The number of carbonyl (C=O) groups excluding carboxylic acids is 1. The topological polar surface area (TPSA) is 69.2 Å². The molecular weight excluding hydrogens is 315 g/mol. The second-order valence-corrected chi connectivity index (χ2v) is 4.63. The summed E-state index contributed by atoms with van der Waals surface area (Å²) in [5.41, 5.74) is 2.85. The van der Waals surface area contributed by atoms with Crippen molar-refractivity contribution in [2.24, 2.45) is 5.10 Å². The first-order valence-corrected chi connectivity index (χ1v) is 6.98. The Bertz CT molecular complexity index is 737. The van der Waals surface area contributed by atoms with Gasteiger partial charge in [0.25, 0.3) is 5.91 Å². The Hall–Kier alpha value is -3.09. The first kappa shape index (κ1) is 17.3. The number of halogens is 1. The van der Waals surface area contributed by atoms with E-state index in [4.69, 9.17) is 14.2 Å². The maximum atomic E-state index is 13.5. The van der Waals surface area contributed by atoms with Crippen LogP contribution < -0.4 is 19.6 Å². The molecule has 0 atom stereocenters.